The van der Waals surface area contributed by atoms with Crippen LogP contribution in [0.4, 0.5) is 10.5 Å². The number of aliphatic carboxylic acids is 1. The van der Waals surface area contributed by atoms with Crippen molar-refractivity contribution in [2.45, 2.75) is 45.3 Å². The predicted molar refractivity (Wildman–Crippen MR) is 102 cm³/mol. The number of carbonyl (C=O) groups excluding carboxylic acids is 2. The Morgan fingerprint density at radius 2 is 2.04 bits per heavy atom. The van der Waals surface area contributed by atoms with Gasteiger partial charge in [0, 0.05) is 18.9 Å². The molecule has 1 unspecified atom stereocenters. The summed E-state index contributed by atoms with van der Waals surface area (Å²) in [5.41, 5.74) is 5.41. The first-order valence-electron chi connectivity index (χ1n) is 8.60. The standard InChI is InChI=1S/C18H21N3O5S/c1-18(2,3)26-17(25)21(9-5-7-11(21)16(23)24)10-6-4-8-12-13(10)20-15(27-12)14(19)22/h4,6,8,11H,5,7,9H2,1-3H3,(H2-,19,22,23,24)/p+1/t11-,21?/m0/s1. The number of fused-ring (bicyclic) bond motifs is 1. The third-order valence-electron chi connectivity index (χ3n) is 4.56. The lowest BCUT2D eigenvalue weighted by Crippen LogP contribution is -2.61. The van der Waals surface area contributed by atoms with E-state index in [1.807, 2.05) is 0 Å². The minimum atomic E-state index is -1.07. The fourth-order valence-corrected chi connectivity index (χ4v) is 4.37. The van der Waals surface area contributed by atoms with Crippen LogP contribution in [0, 0.1) is 0 Å². The van der Waals surface area contributed by atoms with E-state index in [1.54, 1.807) is 39.0 Å². The van der Waals surface area contributed by atoms with Gasteiger partial charge >= 0.3 is 12.1 Å². The number of rotatable bonds is 3. The molecule has 3 N–H and O–H groups in total. The van der Waals surface area contributed by atoms with E-state index in [1.165, 1.54) is 0 Å². The number of nitrogens with two attached hydrogens (primary N) is 1. The van der Waals surface area contributed by atoms with Crippen LogP contribution in [-0.4, -0.2) is 46.2 Å². The molecule has 0 aliphatic carbocycles. The first-order valence-corrected chi connectivity index (χ1v) is 9.42. The van der Waals surface area contributed by atoms with E-state index in [-0.39, 0.29) is 11.6 Å². The number of nitrogens with zero attached hydrogens (tertiary/aromatic N) is 2. The molecule has 144 valence electrons. The van der Waals surface area contributed by atoms with Crippen molar-refractivity contribution in [1.82, 2.24) is 9.47 Å². The molecule has 27 heavy (non-hydrogen) atoms. The fraction of sp³-hybridized carbons (Fsp3) is 0.444. The highest BCUT2D eigenvalue weighted by atomic mass is 32.1. The molecule has 1 aromatic carbocycles. The van der Waals surface area contributed by atoms with Gasteiger partial charge in [-0.1, -0.05) is 6.07 Å². The van der Waals surface area contributed by atoms with Gasteiger partial charge in [0.05, 0.1) is 11.2 Å². The van der Waals surface area contributed by atoms with E-state index >= 15 is 0 Å². The molecule has 1 aliphatic heterocycles. The third-order valence-corrected chi connectivity index (χ3v) is 5.60. The fourth-order valence-electron chi connectivity index (χ4n) is 3.53. The summed E-state index contributed by atoms with van der Waals surface area (Å²) in [5, 5.41) is 9.92. The Kier molecular flexibility index (Phi) is 4.69. The highest BCUT2D eigenvalue weighted by Gasteiger charge is 2.57. The van der Waals surface area contributed by atoms with Crippen molar-refractivity contribution in [3.63, 3.8) is 0 Å². The number of carbonyl (C=O) groups is 3. The number of thiazole rings is 1. The zero-order valence-corrected chi connectivity index (χ0v) is 16.2. The predicted octanol–water partition coefficient (Wildman–Crippen LogP) is 2.88. The summed E-state index contributed by atoms with van der Waals surface area (Å²) in [4.78, 5) is 41.1. The number of primary amides is 1. The minimum absolute atomic E-state index is 0.117. The average molecular weight is 392 g/mol. The minimum Gasteiger partial charge on any atom is -0.477 e. The Balaban J connectivity index is 2.26. The Hall–Kier alpha value is -2.52. The number of hydrogen-bond donors (Lipinski definition) is 2. The lowest BCUT2D eigenvalue weighted by molar-refractivity contribution is -0.141. The normalized spacial score (nSPS) is 22.7. The van der Waals surface area contributed by atoms with Crippen molar-refractivity contribution in [3.05, 3.63) is 23.2 Å². The number of para-hydroxylation sites is 1. The van der Waals surface area contributed by atoms with E-state index in [9.17, 15) is 19.5 Å². The van der Waals surface area contributed by atoms with E-state index in [0.717, 1.165) is 11.3 Å². The van der Waals surface area contributed by atoms with Crippen molar-refractivity contribution in [2.75, 3.05) is 6.54 Å². The third kappa shape index (κ3) is 3.28. The van der Waals surface area contributed by atoms with Gasteiger partial charge in [-0.3, -0.25) is 4.79 Å². The van der Waals surface area contributed by atoms with Gasteiger partial charge in [-0.25, -0.2) is 9.78 Å². The molecule has 1 aliphatic rings. The Bertz CT molecular complexity index is 933. The Morgan fingerprint density at radius 3 is 2.63 bits per heavy atom. The van der Waals surface area contributed by atoms with E-state index in [2.05, 4.69) is 4.98 Å². The molecule has 2 heterocycles. The van der Waals surface area contributed by atoms with Crippen LogP contribution in [-0.2, 0) is 9.53 Å². The molecule has 2 amide bonds. The maximum absolute atomic E-state index is 13.3. The quantitative estimate of drug-likeness (QED) is 0.775. The van der Waals surface area contributed by atoms with Crippen molar-refractivity contribution in [3.8, 4) is 0 Å². The molecule has 0 spiro atoms. The molecular formula is C18H22N3O5S+. The lowest BCUT2D eigenvalue weighted by atomic mass is 10.1. The summed E-state index contributed by atoms with van der Waals surface area (Å²) < 4.78 is 5.80. The number of aromatic nitrogens is 1. The maximum Gasteiger partial charge on any atom is 0.522 e. The van der Waals surface area contributed by atoms with Crippen LogP contribution in [0.3, 0.4) is 0 Å². The van der Waals surface area contributed by atoms with Crippen LogP contribution in [0.5, 0.6) is 0 Å². The van der Waals surface area contributed by atoms with Crippen LogP contribution >= 0.6 is 11.3 Å². The summed E-state index contributed by atoms with van der Waals surface area (Å²) in [6, 6.07) is 4.19. The van der Waals surface area contributed by atoms with Crippen LogP contribution in [0.15, 0.2) is 18.2 Å². The first-order chi connectivity index (χ1) is 12.6. The van der Waals surface area contributed by atoms with E-state index in [0.29, 0.717) is 28.7 Å². The molecule has 1 aromatic heterocycles. The number of benzene rings is 1. The number of carboxylic acid groups (broad SMARTS) is 1. The van der Waals surface area contributed by atoms with Crippen LogP contribution in [0.2, 0.25) is 0 Å². The SMILES string of the molecule is CC(C)(C)OC(=O)[N+]1(c2cccc3sc(C(N)=O)nc23)CCC[C@H]1C(=O)O. The van der Waals surface area contributed by atoms with Crippen molar-refractivity contribution >= 4 is 45.2 Å². The van der Waals surface area contributed by atoms with E-state index < -0.39 is 34.1 Å². The molecule has 9 heteroatoms. The molecule has 8 nitrogen and oxygen atoms in total. The number of likely N-dealkylation sites (tertiary alicyclic amines) is 1. The van der Waals surface area contributed by atoms with Gasteiger partial charge in [0.2, 0.25) is 6.04 Å². The average Bonchev–Trinajstić information content (AvgIpc) is 3.17. The first kappa shape index (κ1) is 19.2. The molecule has 0 radical (unpaired) electrons. The smallest absolute Gasteiger partial charge is 0.477 e. The number of hydrogen-bond acceptors (Lipinski definition) is 6. The highest BCUT2D eigenvalue weighted by molar-refractivity contribution is 7.20. The summed E-state index contributed by atoms with van der Waals surface area (Å²) in [7, 11) is 0. The molecular weight excluding hydrogens is 370 g/mol. The zero-order valence-electron chi connectivity index (χ0n) is 15.4. The summed E-state index contributed by atoms with van der Waals surface area (Å²) in [6.45, 7) is 5.50. The van der Waals surface area contributed by atoms with Gasteiger partial charge in [-0.15, -0.1) is 11.3 Å². The second-order valence-corrected chi connectivity index (χ2v) is 8.61. The van der Waals surface area contributed by atoms with Crippen LogP contribution < -0.4 is 10.2 Å². The number of carboxylic acids is 1. The molecule has 0 saturated carbocycles. The molecule has 1 saturated heterocycles. The van der Waals surface area contributed by atoms with Crippen molar-refractivity contribution in [1.29, 1.82) is 0 Å². The second kappa shape index (κ2) is 6.58. The second-order valence-electron chi connectivity index (χ2n) is 7.58. The van der Waals surface area contributed by atoms with Crippen LogP contribution in [0.25, 0.3) is 10.2 Å². The summed E-state index contributed by atoms with van der Waals surface area (Å²) >= 11 is 1.12. The van der Waals surface area contributed by atoms with Gasteiger partial charge < -0.3 is 15.6 Å². The van der Waals surface area contributed by atoms with E-state index in [4.69, 9.17) is 10.5 Å². The lowest BCUT2D eigenvalue weighted by Gasteiger charge is -2.35. The van der Waals surface area contributed by atoms with Gasteiger partial charge in [-0.2, -0.15) is 9.28 Å². The molecule has 0 bridgehead atoms. The van der Waals surface area contributed by atoms with Gasteiger partial charge in [0.15, 0.2) is 10.7 Å². The Labute approximate surface area is 160 Å². The largest absolute Gasteiger partial charge is 0.522 e. The van der Waals surface area contributed by atoms with Gasteiger partial charge in [-0.05, 0) is 26.8 Å². The highest BCUT2D eigenvalue weighted by Crippen LogP contribution is 2.42. The maximum atomic E-state index is 13.3. The monoisotopic (exact) mass is 392 g/mol. The number of amides is 2. The van der Waals surface area contributed by atoms with Crippen molar-refractivity contribution in [2.24, 2.45) is 5.73 Å². The molecule has 2 aromatic rings. The number of quaternary nitrogens is 1. The topological polar surface area (TPSA) is 120 Å². The van der Waals surface area contributed by atoms with Gasteiger partial charge in [0.25, 0.3) is 5.91 Å². The zero-order chi connectivity index (χ0) is 20.0. The molecule has 2 atom stereocenters. The van der Waals surface area contributed by atoms with Gasteiger partial charge in [0.1, 0.15) is 11.1 Å². The molecule has 1 fully saturated rings. The summed E-state index contributed by atoms with van der Waals surface area (Å²) in [5.74, 6) is -1.73. The molecule has 3 rings (SSSR count). The summed E-state index contributed by atoms with van der Waals surface area (Å²) in [6.07, 6.45) is 0.269. The van der Waals surface area contributed by atoms with Crippen LogP contribution in [0.1, 0.15) is 43.4 Å². The number of ether oxygens (including phenoxy) is 1. The Morgan fingerprint density at radius 1 is 1.33 bits per heavy atom. The van der Waals surface area contributed by atoms with Crippen molar-refractivity contribution < 1.29 is 24.2 Å².